The molecule has 2 N–H and O–H groups in total. The fourth-order valence-electron chi connectivity index (χ4n) is 1.61. The number of benzene rings is 1. The van der Waals surface area contributed by atoms with Crippen LogP contribution in [0.2, 0.25) is 0 Å². The van der Waals surface area contributed by atoms with Crippen molar-refractivity contribution in [3.63, 3.8) is 0 Å². The zero-order valence-electron chi connectivity index (χ0n) is 8.44. The molecule has 0 bridgehead atoms. The Balaban J connectivity index is 2.63. The van der Waals surface area contributed by atoms with E-state index < -0.39 is 0 Å². The van der Waals surface area contributed by atoms with Crippen LogP contribution in [0.25, 0.3) is 5.69 Å². The molecule has 4 heteroatoms. The molecule has 0 aliphatic carbocycles. The Kier molecular flexibility index (Phi) is 2.88. The molecule has 1 aromatic heterocycles. The summed E-state index contributed by atoms with van der Waals surface area (Å²) in [6.45, 7) is 2.48. The quantitative estimate of drug-likeness (QED) is 0.907. The Morgan fingerprint density at radius 2 is 2.27 bits per heavy atom. The molecule has 1 heterocycles. The second kappa shape index (κ2) is 4.16. The molecule has 3 nitrogen and oxygen atoms in total. The molecule has 0 radical (unpaired) electrons. The average Bonchev–Trinajstić information content (AvgIpc) is 2.64. The van der Waals surface area contributed by atoms with Gasteiger partial charge in [-0.15, -0.1) is 0 Å². The van der Waals surface area contributed by atoms with E-state index in [1.807, 2.05) is 35.9 Å². The first-order valence-electron chi connectivity index (χ1n) is 4.72. The molecule has 0 amide bonds. The van der Waals surface area contributed by atoms with Gasteiger partial charge in [0.25, 0.3) is 0 Å². The molecule has 78 valence electrons. The fourth-order valence-corrected chi connectivity index (χ4v) is 2.13. The largest absolute Gasteiger partial charge is 0.326 e. The van der Waals surface area contributed by atoms with Crippen LogP contribution in [0.3, 0.4) is 0 Å². The molecule has 0 saturated carbocycles. The zero-order chi connectivity index (χ0) is 10.8. The molecule has 0 aliphatic heterocycles. The molecule has 0 fully saturated rings. The predicted octanol–water partition coefficient (Wildman–Crippen LogP) is 2.40. The van der Waals surface area contributed by atoms with Gasteiger partial charge >= 0.3 is 0 Å². The molecule has 0 saturated heterocycles. The topological polar surface area (TPSA) is 43.8 Å². The van der Waals surface area contributed by atoms with Gasteiger partial charge in [0, 0.05) is 29.0 Å². The molecule has 2 rings (SSSR count). The minimum absolute atomic E-state index is 0.508. The van der Waals surface area contributed by atoms with Gasteiger partial charge in [-0.05, 0) is 19.1 Å². The van der Waals surface area contributed by atoms with E-state index in [1.54, 1.807) is 6.20 Å². The summed E-state index contributed by atoms with van der Waals surface area (Å²) in [4.78, 5) is 4.20. The van der Waals surface area contributed by atoms with Gasteiger partial charge in [-0.3, -0.25) is 0 Å². The molecular formula is C11H12BrN3. The molecule has 15 heavy (non-hydrogen) atoms. The summed E-state index contributed by atoms with van der Waals surface area (Å²) in [6, 6.07) is 6.04. The lowest BCUT2D eigenvalue weighted by molar-refractivity contribution is 0.933. The number of hydrogen-bond acceptors (Lipinski definition) is 2. The van der Waals surface area contributed by atoms with E-state index >= 15 is 0 Å². The van der Waals surface area contributed by atoms with Crippen LogP contribution in [0.15, 0.2) is 35.1 Å². The lowest BCUT2D eigenvalue weighted by Crippen LogP contribution is -2.05. The summed E-state index contributed by atoms with van der Waals surface area (Å²) in [7, 11) is 0. The molecule has 2 aromatic rings. The minimum atomic E-state index is 0.508. The monoisotopic (exact) mass is 265 g/mol. The third kappa shape index (κ3) is 1.82. The van der Waals surface area contributed by atoms with Crippen LogP contribution in [0.5, 0.6) is 0 Å². The van der Waals surface area contributed by atoms with E-state index in [9.17, 15) is 0 Å². The van der Waals surface area contributed by atoms with Crippen LogP contribution in [0.4, 0.5) is 0 Å². The normalized spacial score (nSPS) is 10.6. The minimum Gasteiger partial charge on any atom is -0.326 e. The number of aryl methyl sites for hydroxylation is 1. The average molecular weight is 266 g/mol. The third-order valence-electron chi connectivity index (χ3n) is 2.38. The number of nitrogens with zero attached hydrogens (tertiary/aromatic N) is 2. The molecule has 0 spiro atoms. The number of hydrogen-bond donors (Lipinski definition) is 1. The van der Waals surface area contributed by atoms with E-state index in [1.165, 1.54) is 0 Å². The van der Waals surface area contributed by atoms with Crippen LogP contribution >= 0.6 is 15.9 Å². The van der Waals surface area contributed by atoms with Crippen LogP contribution < -0.4 is 5.73 Å². The summed E-state index contributed by atoms with van der Waals surface area (Å²) in [5.74, 6) is 0.961. The Labute approximate surface area is 97.1 Å². The highest BCUT2D eigenvalue weighted by atomic mass is 79.9. The predicted molar refractivity (Wildman–Crippen MR) is 63.9 cm³/mol. The van der Waals surface area contributed by atoms with E-state index in [0.29, 0.717) is 6.54 Å². The Bertz CT molecular complexity index is 476. The first-order chi connectivity index (χ1) is 7.24. The lowest BCUT2D eigenvalue weighted by atomic mass is 10.2. The van der Waals surface area contributed by atoms with Crippen molar-refractivity contribution in [2.45, 2.75) is 13.5 Å². The van der Waals surface area contributed by atoms with E-state index in [4.69, 9.17) is 5.73 Å². The van der Waals surface area contributed by atoms with Gasteiger partial charge in [-0.1, -0.05) is 22.0 Å². The maximum atomic E-state index is 5.74. The molecular weight excluding hydrogens is 254 g/mol. The molecule has 0 atom stereocenters. The zero-order valence-corrected chi connectivity index (χ0v) is 10.0. The maximum Gasteiger partial charge on any atom is 0.110 e. The molecule has 0 unspecified atom stereocenters. The molecule has 0 aliphatic rings. The van der Waals surface area contributed by atoms with Crippen molar-refractivity contribution in [2.75, 3.05) is 0 Å². The SMILES string of the molecule is Cc1nccn1-c1cccc(Br)c1CN. The summed E-state index contributed by atoms with van der Waals surface area (Å²) in [5, 5.41) is 0. The van der Waals surface area contributed by atoms with Crippen LogP contribution in [-0.4, -0.2) is 9.55 Å². The smallest absolute Gasteiger partial charge is 0.110 e. The van der Waals surface area contributed by atoms with E-state index in [2.05, 4.69) is 20.9 Å². The number of rotatable bonds is 2. The standard InChI is InChI=1S/C11H12BrN3/c1-8-14-5-6-15(8)11-4-2-3-10(12)9(11)7-13/h2-6H,7,13H2,1H3. The van der Waals surface area contributed by atoms with Gasteiger partial charge in [0.15, 0.2) is 0 Å². The highest BCUT2D eigenvalue weighted by molar-refractivity contribution is 9.10. The van der Waals surface area contributed by atoms with Crippen molar-refractivity contribution >= 4 is 15.9 Å². The van der Waals surface area contributed by atoms with Crippen LogP contribution in [0, 0.1) is 6.92 Å². The Hall–Kier alpha value is -1.13. The number of nitrogens with two attached hydrogens (primary N) is 1. The summed E-state index contributed by atoms with van der Waals surface area (Å²) < 4.78 is 3.07. The van der Waals surface area contributed by atoms with Crippen molar-refractivity contribution in [2.24, 2.45) is 5.73 Å². The summed E-state index contributed by atoms with van der Waals surface area (Å²) in [5.41, 5.74) is 7.92. The first-order valence-corrected chi connectivity index (χ1v) is 5.51. The van der Waals surface area contributed by atoms with Crippen molar-refractivity contribution < 1.29 is 0 Å². The number of aromatic nitrogens is 2. The number of halogens is 1. The van der Waals surface area contributed by atoms with Gasteiger partial charge in [-0.2, -0.15) is 0 Å². The summed E-state index contributed by atoms with van der Waals surface area (Å²) >= 11 is 3.50. The lowest BCUT2D eigenvalue weighted by Gasteiger charge is -2.11. The van der Waals surface area contributed by atoms with E-state index in [0.717, 1.165) is 21.5 Å². The van der Waals surface area contributed by atoms with E-state index in [-0.39, 0.29) is 0 Å². The van der Waals surface area contributed by atoms with Gasteiger partial charge in [-0.25, -0.2) is 4.98 Å². The highest BCUT2D eigenvalue weighted by Crippen LogP contribution is 2.23. The van der Waals surface area contributed by atoms with Gasteiger partial charge in [0.2, 0.25) is 0 Å². The highest BCUT2D eigenvalue weighted by Gasteiger charge is 2.08. The van der Waals surface area contributed by atoms with Crippen LogP contribution in [0.1, 0.15) is 11.4 Å². The Morgan fingerprint density at radius 1 is 1.47 bits per heavy atom. The van der Waals surface area contributed by atoms with Gasteiger partial charge < -0.3 is 10.3 Å². The third-order valence-corrected chi connectivity index (χ3v) is 3.13. The van der Waals surface area contributed by atoms with Crippen molar-refractivity contribution in [1.29, 1.82) is 0 Å². The van der Waals surface area contributed by atoms with Crippen molar-refractivity contribution in [3.05, 3.63) is 46.5 Å². The Morgan fingerprint density at radius 3 is 2.87 bits per heavy atom. The number of imidazole rings is 1. The fraction of sp³-hybridized carbons (Fsp3) is 0.182. The maximum absolute atomic E-state index is 5.74. The first kappa shape index (κ1) is 10.4. The van der Waals surface area contributed by atoms with Crippen molar-refractivity contribution in [3.8, 4) is 5.69 Å². The van der Waals surface area contributed by atoms with Crippen molar-refractivity contribution in [1.82, 2.24) is 9.55 Å². The molecule has 1 aromatic carbocycles. The second-order valence-corrected chi connectivity index (χ2v) is 4.14. The van der Waals surface area contributed by atoms with Crippen LogP contribution in [-0.2, 0) is 6.54 Å². The second-order valence-electron chi connectivity index (χ2n) is 3.29. The summed E-state index contributed by atoms with van der Waals surface area (Å²) in [6.07, 6.45) is 3.73. The van der Waals surface area contributed by atoms with Gasteiger partial charge in [0.1, 0.15) is 5.82 Å². The van der Waals surface area contributed by atoms with Gasteiger partial charge in [0.05, 0.1) is 5.69 Å².